The van der Waals surface area contributed by atoms with Crippen LogP contribution in [0.1, 0.15) is 29.8 Å². The number of hydrogen-bond acceptors (Lipinski definition) is 3. The summed E-state index contributed by atoms with van der Waals surface area (Å²) in [6.45, 7) is 0. The van der Waals surface area contributed by atoms with Crippen molar-refractivity contribution in [3.05, 3.63) is 59.9 Å². The van der Waals surface area contributed by atoms with Crippen LogP contribution in [0.2, 0.25) is 0 Å². The summed E-state index contributed by atoms with van der Waals surface area (Å²) in [5.41, 5.74) is 2.17. The van der Waals surface area contributed by atoms with E-state index in [0.29, 0.717) is 6.04 Å². The predicted octanol–water partition coefficient (Wildman–Crippen LogP) is 2.09. The van der Waals surface area contributed by atoms with Gasteiger partial charge in [0.05, 0.1) is 18.3 Å². The zero-order valence-electron chi connectivity index (χ0n) is 10.3. The first-order chi connectivity index (χ1) is 8.88. The molecule has 92 valence electrons. The van der Waals surface area contributed by atoms with Crippen LogP contribution in [0.15, 0.2) is 48.7 Å². The minimum absolute atomic E-state index is 0.101. The van der Waals surface area contributed by atoms with Crippen molar-refractivity contribution in [3.63, 3.8) is 0 Å². The Morgan fingerprint density at radius 1 is 1.33 bits per heavy atom. The van der Waals surface area contributed by atoms with Crippen molar-refractivity contribution in [3.8, 4) is 0 Å². The van der Waals surface area contributed by atoms with Crippen molar-refractivity contribution >= 4 is 0 Å². The summed E-state index contributed by atoms with van der Waals surface area (Å²) in [5.74, 6) is 0. The highest BCUT2D eigenvalue weighted by Crippen LogP contribution is 2.24. The minimum Gasteiger partial charge on any atom is -0.308 e. The molecular formula is C14H16N4. The third-order valence-corrected chi connectivity index (χ3v) is 3.32. The van der Waals surface area contributed by atoms with E-state index in [1.54, 1.807) is 0 Å². The molecule has 1 aliphatic carbocycles. The highest BCUT2D eigenvalue weighted by atomic mass is 15.4. The lowest BCUT2D eigenvalue weighted by Crippen LogP contribution is -2.18. The second kappa shape index (κ2) is 4.74. The quantitative estimate of drug-likeness (QED) is 0.832. The van der Waals surface area contributed by atoms with Crippen molar-refractivity contribution in [2.75, 3.05) is 7.05 Å². The van der Waals surface area contributed by atoms with E-state index in [4.69, 9.17) is 0 Å². The maximum Gasteiger partial charge on any atom is 0.104 e. The van der Waals surface area contributed by atoms with Crippen LogP contribution in [-0.2, 0) is 0 Å². The maximum absolute atomic E-state index is 4.28. The summed E-state index contributed by atoms with van der Waals surface area (Å²) in [7, 11) is 1.94. The van der Waals surface area contributed by atoms with Gasteiger partial charge in [-0.2, -0.15) is 0 Å². The van der Waals surface area contributed by atoms with Gasteiger partial charge in [-0.1, -0.05) is 47.7 Å². The molecule has 0 saturated carbocycles. The molecule has 0 radical (unpaired) electrons. The van der Waals surface area contributed by atoms with Crippen molar-refractivity contribution < 1.29 is 0 Å². The van der Waals surface area contributed by atoms with Gasteiger partial charge in [-0.3, -0.25) is 0 Å². The summed E-state index contributed by atoms with van der Waals surface area (Å²) in [5, 5.41) is 11.8. The lowest BCUT2D eigenvalue weighted by Gasteiger charge is -2.17. The Morgan fingerprint density at radius 2 is 2.11 bits per heavy atom. The summed E-state index contributed by atoms with van der Waals surface area (Å²) in [6.07, 6.45) is 7.38. The number of nitrogens with one attached hydrogen (secondary N) is 1. The monoisotopic (exact) mass is 240 g/mol. The Kier molecular flexibility index (Phi) is 2.94. The number of aromatic nitrogens is 3. The van der Waals surface area contributed by atoms with Crippen LogP contribution in [0.4, 0.5) is 0 Å². The molecule has 2 aromatic rings. The summed E-state index contributed by atoms with van der Waals surface area (Å²) < 4.78 is 1.93. The van der Waals surface area contributed by atoms with E-state index in [0.717, 1.165) is 12.1 Å². The molecule has 2 unspecified atom stereocenters. The number of hydrogen-bond donors (Lipinski definition) is 1. The van der Waals surface area contributed by atoms with Crippen LogP contribution in [0.5, 0.6) is 0 Å². The van der Waals surface area contributed by atoms with E-state index in [1.165, 1.54) is 5.56 Å². The molecule has 1 aromatic carbocycles. The predicted molar refractivity (Wildman–Crippen MR) is 70.2 cm³/mol. The van der Waals surface area contributed by atoms with Gasteiger partial charge in [0.25, 0.3) is 0 Å². The van der Waals surface area contributed by atoms with E-state index >= 15 is 0 Å². The van der Waals surface area contributed by atoms with Crippen LogP contribution in [0.3, 0.4) is 0 Å². The van der Waals surface area contributed by atoms with Crippen molar-refractivity contribution in [1.29, 1.82) is 0 Å². The number of nitrogens with zero attached hydrogens (tertiary/aromatic N) is 3. The molecule has 2 atom stereocenters. The number of allylic oxidation sites excluding steroid dienone is 2. The first-order valence-corrected chi connectivity index (χ1v) is 6.19. The molecule has 3 rings (SSSR count). The van der Waals surface area contributed by atoms with Gasteiger partial charge in [0.2, 0.25) is 0 Å². The number of benzene rings is 1. The Labute approximate surface area is 106 Å². The van der Waals surface area contributed by atoms with Gasteiger partial charge >= 0.3 is 0 Å². The fourth-order valence-corrected chi connectivity index (χ4v) is 2.17. The molecule has 18 heavy (non-hydrogen) atoms. The molecule has 1 aromatic heterocycles. The van der Waals surface area contributed by atoms with Gasteiger partial charge in [0.1, 0.15) is 5.69 Å². The summed E-state index contributed by atoms with van der Waals surface area (Å²) >= 11 is 0. The third-order valence-electron chi connectivity index (χ3n) is 3.32. The molecule has 0 saturated heterocycles. The Bertz CT molecular complexity index is 544. The van der Waals surface area contributed by atoms with E-state index in [-0.39, 0.29) is 6.04 Å². The standard InChI is InChI=1S/C14H16N4/c1-15-14(11-6-3-2-4-7-11)13-10-18(17-16-13)12-8-5-9-12/h2-8,10,12,14-15H,9H2,1H3. The van der Waals surface area contributed by atoms with Gasteiger partial charge in [0, 0.05) is 0 Å². The first kappa shape index (κ1) is 11.2. The highest BCUT2D eigenvalue weighted by Gasteiger charge is 2.19. The summed E-state index contributed by atoms with van der Waals surface area (Å²) in [6, 6.07) is 10.8. The Hall–Kier alpha value is -1.94. The molecule has 0 amide bonds. The maximum atomic E-state index is 4.28. The molecule has 1 aliphatic rings. The van der Waals surface area contributed by atoms with Crippen LogP contribution >= 0.6 is 0 Å². The van der Waals surface area contributed by atoms with Crippen LogP contribution in [-0.4, -0.2) is 22.0 Å². The van der Waals surface area contributed by atoms with Gasteiger partial charge in [0.15, 0.2) is 0 Å². The van der Waals surface area contributed by atoms with Gasteiger partial charge < -0.3 is 5.32 Å². The van der Waals surface area contributed by atoms with Gasteiger partial charge in [-0.15, -0.1) is 5.10 Å². The smallest absolute Gasteiger partial charge is 0.104 e. The molecule has 1 N–H and O–H groups in total. The number of rotatable bonds is 4. The van der Waals surface area contributed by atoms with E-state index < -0.39 is 0 Å². The zero-order chi connectivity index (χ0) is 12.4. The van der Waals surface area contributed by atoms with Crippen LogP contribution in [0, 0.1) is 0 Å². The second-order valence-corrected chi connectivity index (χ2v) is 4.49. The molecule has 0 aliphatic heterocycles. The van der Waals surface area contributed by atoms with Crippen molar-refractivity contribution in [1.82, 2.24) is 20.3 Å². The first-order valence-electron chi connectivity index (χ1n) is 6.19. The molecule has 0 bridgehead atoms. The Morgan fingerprint density at radius 3 is 2.72 bits per heavy atom. The normalized spacial score (nSPS) is 19.5. The van der Waals surface area contributed by atoms with Gasteiger partial charge in [-0.25, -0.2) is 4.68 Å². The fourth-order valence-electron chi connectivity index (χ4n) is 2.17. The van der Waals surface area contributed by atoms with Crippen molar-refractivity contribution in [2.24, 2.45) is 0 Å². The van der Waals surface area contributed by atoms with Crippen LogP contribution in [0.25, 0.3) is 0 Å². The fraction of sp³-hybridized carbons (Fsp3) is 0.286. The zero-order valence-corrected chi connectivity index (χ0v) is 10.3. The van der Waals surface area contributed by atoms with E-state index in [2.05, 4.69) is 39.9 Å². The van der Waals surface area contributed by atoms with Gasteiger partial charge in [-0.05, 0) is 19.0 Å². The lowest BCUT2D eigenvalue weighted by atomic mass is 10.0. The molecule has 0 fully saturated rings. The highest BCUT2D eigenvalue weighted by molar-refractivity contribution is 5.26. The summed E-state index contributed by atoms with van der Waals surface area (Å²) in [4.78, 5) is 0. The molecule has 1 heterocycles. The lowest BCUT2D eigenvalue weighted by molar-refractivity contribution is 0.495. The third kappa shape index (κ3) is 1.95. The topological polar surface area (TPSA) is 42.7 Å². The van der Waals surface area contributed by atoms with Crippen molar-refractivity contribution in [2.45, 2.75) is 18.5 Å². The SMILES string of the molecule is CNC(c1ccccc1)c1cn(C2C=CC2)nn1. The minimum atomic E-state index is 0.101. The Balaban J connectivity index is 1.87. The largest absolute Gasteiger partial charge is 0.308 e. The molecule has 4 heteroatoms. The molecule has 0 spiro atoms. The van der Waals surface area contributed by atoms with E-state index in [1.807, 2.05) is 36.1 Å². The average molecular weight is 240 g/mol. The van der Waals surface area contributed by atoms with E-state index in [9.17, 15) is 0 Å². The molecular weight excluding hydrogens is 224 g/mol. The molecule has 4 nitrogen and oxygen atoms in total. The average Bonchev–Trinajstić information content (AvgIpc) is 2.78. The second-order valence-electron chi connectivity index (χ2n) is 4.49. The van der Waals surface area contributed by atoms with Crippen LogP contribution < -0.4 is 5.32 Å².